The van der Waals surface area contributed by atoms with Gasteiger partial charge in [-0.3, -0.25) is 14.7 Å². The molecule has 2 aromatic rings. The summed E-state index contributed by atoms with van der Waals surface area (Å²) in [6.45, 7) is 3.55. The number of rotatable bonds is 7. The van der Waals surface area contributed by atoms with Crippen LogP contribution in [0.15, 0.2) is 36.7 Å². The molecule has 2 aliphatic heterocycles. The van der Waals surface area contributed by atoms with Crippen LogP contribution in [-0.2, 0) is 0 Å². The minimum atomic E-state index is -0.00263. The molecule has 2 fully saturated rings. The molecule has 8 nitrogen and oxygen atoms in total. The van der Waals surface area contributed by atoms with E-state index >= 15 is 0 Å². The van der Waals surface area contributed by atoms with Gasteiger partial charge in [-0.25, -0.2) is 0 Å². The van der Waals surface area contributed by atoms with Crippen LogP contribution >= 0.6 is 0 Å². The Morgan fingerprint density at radius 1 is 0.879 bits per heavy atom. The molecule has 0 N–H and O–H groups in total. The van der Waals surface area contributed by atoms with Crippen molar-refractivity contribution in [1.29, 1.82) is 0 Å². The van der Waals surface area contributed by atoms with Crippen LogP contribution in [0.3, 0.4) is 0 Å². The van der Waals surface area contributed by atoms with E-state index in [4.69, 9.17) is 18.9 Å². The van der Waals surface area contributed by atoms with Crippen LogP contribution in [0.1, 0.15) is 36.0 Å². The second-order valence-electron chi connectivity index (χ2n) is 8.47. The fourth-order valence-corrected chi connectivity index (χ4v) is 4.79. The van der Waals surface area contributed by atoms with E-state index in [-0.39, 0.29) is 12.0 Å². The number of nitrogens with zero attached hydrogens (tertiary/aromatic N) is 3. The quantitative estimate of drug-likeness (QED) is 0.635. The fraction of sp³-hybridized carbons (Fsp3) is 0.520. The number of likely N-dealkylation sites (tertiary alicyclic amines) is 2. The molecule has 0 spiro atoms. The maximum Gasteiger partial charge on any atom is 0.254 e. The van der Waals surface area contributed by atoms with Gasteiger partial charge >= 0.3 is 0 Å². The number of aromatic nitrogens is 1. The van der Waals surface area contributed by atoms with Gasteiger partial charge in [0.15, 0.2) is 11.5 Å². The van der Waals surface area contributed by atoms with E-state index in [1.165, 1.54) is 0 Å². The van der Waals surface area contributed by atoms with E-state index in [1.807, 2.05) is 17.0 Å². The van der Waals surface area contributed by atoms with Crippen molar-refractivity contribution in [3.05, 3.63) is 42.2 Å². The number of hydrogen-bond donors (Lipinski definition) is 0. The highest BCUT2D eigenvalue weighted by molar-refractivity contribution is 5.95. The third-order valence-electron chi connectivity index (χ3n) is 6.61. The second kappa shape index (κ2) is 10.7. The summed E-state index contributed by atoms with van der Waals surface area (Å²) in [5.41, 5.74) is 0.553. The molecule has 1 aromatic carbocycles. The van der Waals surface area contributed by atoms with Crippen LogP contribution < -0.4 is 18.9 Å². The Bertz CT molecular complexity index is 898. The molecule has 1 amide bonds. The number of piperidine rings is 2. The molecule has 178 valence electrons. The van der Waals surface area contributed by atoms with Gasteiger partial charge in [0.2, 0.25) is 5.75 Å². The Morgan fingerprint density at radius 2 is 1.48 bits per heavy atom. The zero-order valence-corrected chi connectivity index (χ0v) is 19.7. The fourth-order valence-electron chi connectivity index (χ4n) is 4.79. The van der Waals surface area contributed by atoms with Gasteiger partial charge in [0, 0.05) is 50.2 Å². The average molecular weight is 456 g/mol. The molecule has 3 heterocycles. The first-order valence-electron chi connectivity index (χ1n) is 11.5. The topological polar surface area (TPSA) is 73.4 Å². The first-order chi connectivity index (χ1) is 16.1. The van der Waals surface area contributed by atoms with Gasteiger partial charge < -0.3 is 23.8 Å². The van der Waals surface area contributed by atoms with Crippen LogP contribution in [0, 0.1) is 0 Å². The van der Waals surface area contributed by atoms with Crippen LogP contribution in [0.25, 0.3) is 0 Å². The Hall–Kier alpha value is -3.00. The smallest absolute Gasteiger partial charge is 0.254 e. The molecule has 33 heavy (non-hydrogen) atoms. The Balaban J connectivity index is 1.30. The molecule has 0 saturated carbocycles. The second-order valence-corrected chi connectivity index (χ2v) is 8.47. The molecule has 0 radical (unpaired) electrons. The maximum atomic E-state index is 13.2. The molecule has 4 rings (SSSR count). The highest BCUT2D eigenvalue weighted by atomic mass is 16.5. The van der Waals surface area contributed by atoms with Gasteiger partial charge in [-0.05, 0) is 49.9 Å². The van der Waals surface area contributed by atoms with Crippen molar-refractivity contribution < 1.29 is 23.7 Å². The zero-order valence-electron chi connectivity index (χ0n) is 19.7. The monoisotopic (exact) mass is 455 g/mol. The van der Waals surface area contributed by atoms with E-state index in [0.717, 1.165) is 57.6 Å². The first kappa shape index (κ1) is 23.2. The summed E-state index contributed by atoms with van der Waals surface area (Å²) in [6, 6.07) is 7.78. The summed E-state index contributed by atoms with van der Waals surface area (Å²) in [4.78, 5) is 21.7. The predicted molar refractivity (Wildman–Crippen MR) is 124 cm³/mol. The van der Waals surface area contributed by atoms with Crippen LogP contribution in [0.4, 0.5) is 0 Å². The lowest BCUT2D eigenvalue weighted by Crippen LogP contribution is -2.50. The number of carbonyl (C=O) groups is 1. The number of ether oxygens (including phenoxy) is 4. The van der Waals surface area contributed by atoms with Crippen molar-refractivity contribution in [3.8, 4) is 23.0 Å². The number of methoxy groups -OCH3 is 3. The molecular weight excluding hydrogens is 422 g/mol. The minimum Gasteiger partial charge on any atom is -0.493 e. The summed E-state index contributed by atoms with van der Waals surface area (Å²) in [5, 5.41) is 0. The van der Waals surface area contributed by atoms with Crippen LogP contribution in [0.2, 0.25) is 0 Å². The lowest BCUT2D eigenvalue weighted by Gasteiger charge is -2.41. The number of benzene rings is 1. The zero-order chi connectivity index (χ0) is 23.2. The maximum absolute atomic E-state index is 13.2. The van der Waals surface area contributed by atoms with Gasteiger partial charge in [-0.1, -0.05) is 0 Å². The average Bonchev–Trinajstić information content (AvgIpc) is 2.88. The van der Waals surface area contributed by atoms with E-state index in [2.05, 4.69) is 9.88 Å². The van der Waals surface area contributed by atoms with Crippen LogP contribution in [0.5, 0.6) is 23.0 Å². The molecule has 2 saturated heterocycles. The molecular formula is C25H33N3O5. The van der Waals surface area contributed by atoms with Gasteiger partial charge in [0.1, 0.15) is 11.9 Å². The molecule has 8 heteroatoms. The van der Waals surface area contributed by atoms with Crippen LogP contribution in [-0.4, -0.2) is 80.3 Å². The summed E-state index contributed by atoms with van der Waals surface area (Å²) < 4.78 is 22.3. The van der Waals surface area contributed by atoms with E-state index in [0.29, 0.717) is 28.9 Å². The molecule has 0 atom stereocenters. The molecule has 2 aliphatic rings. The lowest BCUT2D eigenvalue weighted by molar-refractivity contribution is 0.0425. The number of pyridine rings is 1. The highest BCUT2D eigenvalue weighted by Crippen LogP contribution is 2.38. The molecule has 0 unspecified atom stereocenters. The largest absolute Gasteiger partial charge is 0.493 e. The summed E-state index contributed by atoms with van der Waals surface area (Å²) in [6.07, 6.45) is 7.78. The van der Waals surface area contributed by atoms with Gasteiger partial charge in [-0.2, -0.15) is 0 Å². The Labute approximate surface area is 195 Å². The first-order valence-corrected chi connectivity index (χ1v) is 11.5. The van der Waals surface area contributed by atoms with Crippen molar-refractivity contribution in [1.82, 2.24) is 14.8 Å². The Morgan fingerprint density at radius 3 is 2.03 bits per heavy atom. The van der Waals surface area contributed by atoms with Crippen molar-refractivity contribution in [3.63, 3.8) is 0 Å². The van der Waals surface area contributed by atoms with E-state index in [9.17, 15) is 4.79 Å². The summed E-state index contributed by atoms with van der Waals surface area (Å²) >= 11 is 0. The van der Waals surface area contributed by atoms with Gasteiger partial charge in [0.05, 0.1) is 21.3 Å². The minimum absolute atomic E-state index is 0.00263. The van der Waals surface area contributed by atoms with Gasteiger partial charge in [0.25, 0.3) is 5.91 Å². The highest BCUT2D eigenvalue weighted by Gasteiger charge is 2.31. The summed E-state index contributed by atoms with van der Waals surface area (Å²) in [7, 11) is 4.67. The molecule has 1 aromatic heterocycles. The third kappa shape index (κ3) is 5.33. The molecule has 0 bridgehead atoms. The summed E-state index contributed by atoms with van der Waals surface area (Å²) in [5.74, 6) is 2.37. The van der Waals surface area contributed by atoms with E-state index < -0.39 is 0 Å². The SMILES string of the molecule is COc1cc(C(=O)N2CCC(N3CCC(Oc4ccncc4)CC3)CC2)cc(OC)c1OC. The Kier molecular flexibility index (Phi) is 7.54. The third-order valence-corrected chi connectivity index (χ3v) is 6.61. The molecule has 0 aliphatic carbocycles. The lowest BCUT2D eigenvalue weighted by atomic mass is 9.98. The van der Waals surface area contributed by atoms with Crippen molar-refractivity contribution in [2.75, 3.05) is 47.5 Å². The van der Waals surface area contributed by atoms with Gasteiger partial charge in [-0.15, -0.1) is 0 Å². The predicted octanol–water partition coefficient (Wildman–Crippen LogP) is 3.26. The normalized spacial score (nSPS) is 18.1. The van der Waals surface area contributed by atoms with E-state index in [1.54, 1.807) is 45.9 Å². The number of hydrogen-bond acceptors (Lipinski definition) is 7. The van der Waals surface area contributed by atoms with Crippen molar-refractivity contribution in [2.24, 2.45) is 0 Å². The number of carbonyl (C=O) groups excluding carboxylic acids is 1. The standard InChI is InChI=1S/C25H33N3O5/c1-30-22-16-18(17-23(31-2)24(22)32-3)25(29)28-12-6-19(7-13-28)27-14-8-21(9-15-27)33-20-4-10-26-11-5-20/h4-5,10-11,16-17,19,21H,6-9,12-15H2,1-3H3. The van der Waals surface area contributed by atoms with Crippen molar-refractivity contribution in [2.45, 2.75) is 37.8 Å². The van der Waals surface area contributed by atoms with Crippen molar-refractivity contribution >= 4 is 5.91 Å². The number of amides is 1.